The molecule has 1 unspecified atom stereocenters. The summed E-state index contributed by atoms with van der Waals surface area (Å²) >= 11 is 6.03. The standard InChI is InChI=1S/C21H29ClN3O/c1-2-3-4-5-6-7-8-16-25-20-23-14-9-15-24(20)17-21(25,26)18-10-12-19(22)13-11-18/h9-15,26H,2-8,16-17H2,1H3/q+1. The number of unbranched alkanes of at least 4 members (excludes halogenated alkanes) is 6. The lowest BCUT2D eigenvalue weighted by Crippen LogP contribution is -2.46. The highest BCUT2D eigenvalue weighted by Gasteiger charge is 2.51. The molecule has 0 aliphatic carbocycles. The van der Waals surface area contributed by atoms with Crippen molar-refractivity contribution in [3.8, 4) is 0 Å². The van der Waals surface area contributed by atoms with Crippen LogP contribution in [0, 0.1) is 0 Å². The van der Waals surface area contributed by atoms with E-state index in [0.717, 1.165) is 24.5 Å². The van der Waals surface area contributed by atoms with Crippen LogP contribution < -0.4 is 9.47 Å². The van der Waals surface area contributed by atoms with E-state index in [1.165, 1.54) is 38.5 Å². The van der Waals surface area contributed by atoms with Crippen molar-refractivity contribution in [1.29, 1.82) is 0 Å². The number of rotatable bonds is 9. The van der Waals surface area contributed by atoms with Crippen LogP contribution in [0.3, 0.4) is 0 Å². The van der Waals surface area contributed by atoms with Gasteiger partial charge in [0.1, 0.15) is 12.7 Å². The number of anilines is 1. The lowest BCUT2D eigenvalue weighted by molar-refractivity contribution is -0.685. The molecule has 4 nitrogen and oxygen atoms in total. The van der Waals surface area contributed by atoms with Crippen LogP contribution in [0.4, 0.5) is 5.95 Å². The third-order valence-corrected chi connectivity index (χ3v) is 5.42. The van der Waals surface area contributed by atoms with Gasteiger partial charge in [-0.1, -0.05) is 74.2 Å². The van der Waals surface area contributed by atoms with Crippen molar-refractivity contribution in [1.82, 2.24) is 4.98 Å². The van der Waals surface area contributed by atoms with Crippen LogP contribution >= 0.6 is 11.6 Å². The first kappa shape index (κ1) is 19.1. The molecule has 0 saturated heterocycles. The molecule has 1 N–H and O–H groups in total. The second-order valence-electron chi connectivity index (χ2n) is 7.14. The number of aromatic nitrogens is 2. The first-order valence-corrected chi connectivity index (χ1v) is 10.1. The number of halogens is 1. The van der Waals surface area contributed by atoms with Gasteiger partial charge in [-0.2, -0.15) is 0 Å². The molecular weight excluding hydrogens is 346 g/mol. The van der Waals surface area contributed by atoms with Crippen LogP contribution in [0.25, 0.3) is 0 Å². The number of hydrogen-bond donors (Lipinski definition) is 1. The summed E-state index contributed by atoms with van der Waals surface area (Å²) < 4.78 is 2.02. The summed E-state index contributed by atoms with van der Waals surface area (Å²) in [6.07, 6.45) is 12.5. The summed E-state index contributed by atoms with van der Waals surface area (Å²) in [7, 11) is 0. The average Bonchev–Trinajstić information content (AvgIpc) is 2.94. The van der Waals surface area contributed by atoms with Gasteiger partial charge >= 0.3 is 5.95 Å². The number of benzene rings is 1. The molecule has 3 rings (SSSR count). The Hall–Kier alpha value is -1.65. The highest BCUT2D eigenvalue weighted by molar-refractivity contribution is 6.30. The Morgan fingerprint density at radius 2 is 1.81 bits per heavy atom. The molecule has 2 heterocycles. The highest BCUT2D eigenvalue weighted by Crippen LogP contribution is 2.34. The Bertz CT molecular complexity index is 707. The van der Waals surface area contributed by atoms with Crippen molar-refractivity contribution in [3.63, 3.8) is 0 Å². The van der Waals surface area contributed by atoms with Crippen LogP contribution in [0.15, 0.2) is 42.7 Å². The van der Waals surface area contributed by atoms with Gasteiger partial charge in [-0.15, -0.1) is 0 Å². The molecule has 2 aromatic rings. The van der Waals surface area contributed by atoms with Crippen LogP contribution in [0.1, 0.15) is 57.4 Å². The predicted octanol–water partition coefficient (Wildman–Crippen LogP) is 4.44. The number of hydrogen-bond acceptors (Lipinski definition) is 3. The molecule has 0 spiro atoms. The number of nitrogens with zero attached hydrogens (tertiary/aromatic N) is 3. The topological polar surface area (TPSA) is 40.2 Å². The van der Waals surface area contributed by atoms with Crippen molar-refractivity contribution in [2.45, 2.75) is 64.1 Å². The maximum Gasteiger partial charge on any atom is 0.396 e. The fourth-order valence-electron chi connectivity index (χ4n) is 3.71. The van der Waals surface area contributed by atoms with Crippen molar-refractivity contribution >= 4 is 17.5 Å². The average molecular weight is 375 g/mol. The van der Waals surface area contributed by atoms with Gasteiger partial charge in [0, 0.05) is 16.7 Å². The molecule has 1 atom stereocenters. The summed E-state index contributed by atoms with van der Waals surface area (Å²) in [5.74, 6) is 0.830. The minimum atomic E-state index is -1.08. The molecule has 0 saturated carbocycles. The van der Waals surface area contributed by atoms with Gasteiger partial charge in [-0.25, -0.2) is 9.47 Å². The van der Waals surface area contributed by atoms with Crippen LogP contribution in [-0.2, 0) is 12.3 Å². The molecule has 0 fully saturated rings. The van der Waals surface area contributed by atoms with E-state index in [1.54, 1.807) is 6.20 Å². The quantitative estimate of drug-likeness (QED) is 0.521. The lowest BCUT2D eigenvalue weighted by atomic mass is 10.0. The fraction of sp³-hybridized carbons (Fsp3) is 0.524. The van der Waals surface area contributed by atoms with Crippen molar-refractivity contribution in [2.75, 3.05) is 11.4 Å². The van der Waals surface area contributed by atoms with Crippen LogP contribution in [-0.4, -0.2) is 16.6 Å². The van der Waals surface area contributed by atoms with E-state index in [4.69, 9.17) is 11.6 Å². The SMILES string of the molecule is CCCCCCCCCN1c2nccc[n+]2CC1(O)c1ccc(Cl)cc1. The van der Waals surface area contributed by atoms with E-state index >= 15 is 0 Å². The molecule has 1 aromatic heterocycles. The van der Waals surface area contributed by atoms with Crippen molar-refractivity contribution < 1.29 is 9.67 Å². The molecule has 140 valence electrons. The number of aliphatic hydroxyl groups is 1. The van der Waals surface area contributed by atoms with E-state index in [0.29, 0.717) is 11.6 Å². The first-order chi connectivity index (χ1) is 12.6. The second kappa shape index (κ2) is 8.83. The van der Waals surface area contributed by atoms with Crippen LogP contribution in [0.2, 0.25) is 5.02 Å². The maximum atomic E-state index is 11.5. The van der Waals surface area contributed by atoms with Gasteiger partial charge in [0.15, 0.2) is 0 Å². The van der Waals surface area contributed by atoms with E-state index in [2.05, 4.69) is 11.9 Å². The largest absolute Gasteiger partial charge is 0.396 e. The zero-order valence-corrected chi connectivity index (χ0v) is 16.3. The van der Waals surface area contributed by atoms with E-state index in [9.17, 15) is 5.11 Å². The predicted molar refractivity (Wildman–Crippen MR) is 105 cm³/mol. The van der Waals surface area contributed by atoms with Gasteiger partial charge in [0.25, 0.3) is 0 Å². The van der Waals surface area contributed by atoms with Gasteiger partial charge in [-0.3, -0.25) is 0 Å². The monoisotopic (exact) mass is 374 g/mol. The molecule has 0 radical (unpaired) electrons. The Labute approximate surface area is 161 Å². The van der Waals surface area contributed by atoms with E-state index in [-0.39, 0.29) is 0 Å². The third kappa shape index (κ3) is 4.18. The first-order valence-electron chi connectivity index (χ1n) is 9.75. The zero-order chi connectivity index (χ0) is 18.4. The summed E-state index contributed by atoms with van der Waals surface area (Å²) in [4.78, 5) is 6.57. The Balaban J connectivity index is 1.69. The minimum absolute atomic E-state index is 0.480. The lowest BCUT2D eigenvalue weighted by Gasteiger charge is -2.28. The maximum absolute atomic E-state index is 11.5. The molecule has 0 bridgehead atoms. The summed E-state index contributed by atoms with van der Waals surface area (Å²) in [6, 6.07) is 9.39. The van der Waals surface area contributed by atoms with Crippen LogP contribution in [0.5, 0.6) is 0 Å². The Morgan fingerprint density at radius 3 is 2.54 bits per heavy atom. The normalized spacial score (nSPS) is 19.0. The van der Waals surface area contributed by atoms with Gasteiger partial charge in [0.05, 0.1) is 12.7 Å². The van der Waals surface area contributed by atoms with Crippen molar-refractivity contribution in [2.24, 2.45) is 0 Å². The molecule has 1 aliphatic rings. The zero-order valence-electron chi connectivity index (χ0n) is 15.6. The van der Waals surface area contributed by atoms with Gasteiger partial charge < -0.3 is 5.11 Å². The third-order valence-electron chi connectivity index (χ3n) is 5.17. The molecule has 1 aromatic carbocycles. The minimum Gasteiger partial charge on any atom is -0.353 e. The molecule has 1 aliphatic heterocycles. The smallest absolute Gasteiger partial charge is 0.353 e. The Kier molecular flexibility index (Phi) is 6.49. The second-order valence-corrected chi connectivity index (χ2v) is 7.58. The highest BCUT2D eigenvalue weighted by atomic mass is 35.5. The fourth-order valence-corrected chi connectivity index (χ4v) is 3.83. The van der Waals surface area contributed by atoms with E-state index in [1.807, 2.05) is 46.0 Å². The summed E-state index contributed by atoms with van der Waals surface area (Å²) in [5.41, 5.74) is -0.218. The van der Waals surface area contributed by atoms with Gasteiger partial charge in [0.2, 0.25) is 5.72 Å². The van der Waals surface area contributed by atoms with Gasteiger partial charge in [-0.05, 0) is 18.6 Å². The Morgan fingerprint density at radius 1 is 1.12 bits per heavy atom. The molecule has 0 amide bonds. The summed E-state index contributed by atoms with van der Waals surface area (Å²) in [5, 5.41) is 12.2. The number of fused-ring (bicyclic) bond motifs is 1. The molecule has 5 heteroatoms. The van der Waals surface area contributed by atoms with Crippen molar-refractivity contribution in [3.05, 3.63) is 53.3 Å². The molecular formula is C21H29ClN3O+. The molecule has 26 heavy (non-hydrogen) atoms. The van der Waals surface area contributed by atoms with E-state index < -0.39 is 5.72 Å². The summed E-state index contributed by atoms with van der Waals surface area (Å²) in [6.45, 7) is 3.52.